The minimum Gasteiger partial charge on any atom is -0.388 e. The molecule has 0 aliphatic carbocycles. The highest BCUT2D eigenvalue weighted by atomic mass is 32.2. The molecule has 1 saturated heterocycles. The Morgan fingerprint density at radius 2 is 2.10 bits per heavy atom. The third-order valence-electron chi connectivity index (χ3n) is 3.93. The smallest absolute Gasteiger partial charge is 0.232 e. The van der Waals surface area contributed by atoms with Gasteiger partial charge in [-0.2, -0.15) is 16.7 Å². The lowest BCUT2D eigenvalue weighted by molar-refractivity contribution is 0.135. The Hall–Kier alpha value is -1.33. The highest BCUT2D eigenvalue weighted by molar-refractivity contribution is 7.99. The maximum absolute atomic E-state index is 10.4. The zero-order valence-corrected chi connectivity index (χ0v) is 12.9. The second-order valence-electron chi connectivity index (χ2n) is 5.49. The molecule has 4 nitrogen and oxygen atoms in total. The van der Waals surface area contributed by atoms with Gasteiger partial charge in [0.25, 0.3) is 0 Å². The Bertz CT molecular complexity index is 567. The van der Waals surface area contributed by atoms with Crippen LogP contribution in [0.25, 0.3) is 0 Å². The summed E-state index contributed by atoms with van der Waals surface area (Å²) in [5.74, 6) is 2.26. The summed E-state index contributed by atoms with van der Waals surface area (Å²) < 4.78 is 5.39. The lowest BCUT2D eigenvalue weighted by atomic mass is 9.97. The van der Waals surface area contributed by atoms with Gasteiger partial charge in [0.05, 0.1) is 17.3 Å². The zero-order chi connectivity index (χ0) is 14.7. The number of aliphatic hydroxyl groups is 1. The third-order valence-corrected chi connectivity index (χ3v) is 5.30. The summed E-state index contributed by atoms with van der Waals surface area (Å²) in [6.45, 7) is 1.92. The Kier molecular flexibility index (Phi) is 4.60. The maximum atomic E-state index is 10.4. The average Bonchev–Trinajstić information content (AvgIpc) is 3.05. The summed E-state index contributed by atoms with van der Waals surface area (Å²) in [6.07, 6.45) is 2.98. The van der Waals surface area contributed by atoms with E-state index in [4.69, 9.17) is 4.52 Å². The lowest BCUT2D eigenvalue weighted by Gasteiger charge is -2.17. The fraction of sp³-hybridized carbons (Fsp3) is 0.500. The molecule has 0 bridgehead atoms. The van der Waals surface area contributed by atoms with Crippen molar-refractivity contribution in [3.63, 3.8) is 0 Å². The second kappa shape index (κ2) is 6.62. The first kappa shape index (κ1) is 14.6. The van der Waals surface area contributed by atoms with E-state index >= 15 is 0 Å². The van der Waals surface area contributed by atoms with Crippen LogP contribution in [0.2, 0.25) is 0 Å². The van der Waals surface area contributed by atoms with E-state index in [1.54, 1.807) is 0 Å². The summed E-state index contributed by atoms with van der Waals surface area (Å²) in [6, 6.07) is 9.60. The first-order valence-corrected chi connectivity index (χ1v) is 8.48. The van der Waals surface area contributed by atoms with Gasteiger partial charge in [-0.3, -0.25) is 0 Å². The topological polar surface area (TPSA) is 59.2 Å². The normalized spacial score (nSPS) is 21.9. The van der Waals surface area contributed by atoms with Crippen molar-refractivity contribution < 1.29 is 9.63 Å². The zero-order valence-electron chi connectivity index (χ0n) is 12.1. The molecule has 1 N–H and O–H groups in total. The number of rotatable bonds is 4. The molecule has 112 valence electrons. The van der Waals surface area contributed by atoms with Crippen molar-refractivity contribution >= 4 is 11.8 Å². The molecular weight excluding hydrogens is 284 g/mol. The molecule has 1 aromatic heterocycles. The molecule has 1 fully saturated rings. The van der Waals surface area contributed by atoms with Gasteiger partial charge in [-0.15, -0.1) is 0 Å². The molecule has 21 heavy (non-hydrogen) atoms. The van der Waals surface area contributed by atoms with Gasteiger partial charge in [-0.1, -0.05) is 48.8 Å². The van der Waals surface area contributed by atoms with Crippen molar-refractivity contribution in [1.82, 2.24) is 10.1 Å². The number of hydrogen-bond donors (Lipinski definition) is 1. The predicted octanol–water partition coefficient (Wildman–Crippen LogP) is 3.86. The Balaban J connectivity index is 1.73. The standard InChI is InChI=1S/C16H20N2O2S/c1-11(14(19)12-7-3-2-4-8-12)16-17-15(18-20-16)13-9-5-6-10-21-13/h2-4,7-8,11,13-14,19H,5-6,9-10H2,1H3. The predicted molar refractivity (Wildman–Crippen MR) is 83.2 cm³/mol. The van der Waals surface area contributed by atoms with E-state index in [1.165, 1.54) is 12.8 Å². The molecule has 1 aliphatic heterocycles. The molecule has 3 unspecified atom stereocenters. The molecule has 5 heteroatoms. The van der Waals surface area contributed by atoms with E-state index in [2.05, 4.69) is 10.1 Å². The Morgan fingerprint density at radius 1 is 1.29 bits per heavy atom. The average molecular weight is 304 g/mol. The van der Waals surface area contributed by atoms with E-state index in [9.17, 15) is 5.11 Å². The van der Waals surface area contributed by atoms with Gasteiger partial charge < -0.3 is 9.63 Å². The number of benzene rings is 1. The van der Waals surface area contributed by atoms with Crippen LogP contribution in [0, 0.1) is 0 Å². The molecule has 3 atom stereocenters. The number of aromatic nitrogens is 2. The molecule has 0 radical (unpaired) electrons. The minimum absolute atomic E-state index is 0.206. The van der Waals surface area contributed by atoms with Crippen molar-refractivity contribution in [3.8, 4) is 0 Å². The summed E-state index contributed by atoms with van der Waals surface area (Å²) in [5, 5.41) is 14.9. The van der Waals surface area contributed by atoms with Crippen LogP contribution >= 0.6 is 11.8 Å². The molecule has 2 aromatic rings. The highest BCUT2D eigenvalue weighted by Crippen LogP contribution is 2.38. The largest absolute Gasteiger partial charge is 0.388 e. The molecule has 1 aromatic carbocycles. The molecule has 0 amide bonds. The quantitative estimate of drug-likeness (QED) is 0.929. The van der Waals surface area contributed by atoms with Gasteiger partial charge >= 0.3 is 0 Å². The van der Waals surface area contributed by atoms with Gasteiger partial charge in [0, 0.05) is 0 Å². The summed E-state index contributed by atoms with van der Waals surface area (Å²) in [7, 11) is 0. The van der Waals surface area contributed by atoms with E-state index in [0.717, 1.165) is 23.6 Å². The van der Waals surface area contributed by atoms with Gasteiger partial charge in [0.2, 0.25) is 5.89 Å². The first-order chi connectivity index (χ1) is 10.3. The molecule has 0 spiro atoms. The van der Waals surface area contributed by atoms with E-state index in [0.29, 0.717) is 11.1 Å². The monoisotopic (exact) mass is 304 g/mol. The van der Waals surface area contributed by atoms with Crippen molar-refractivity contribution in [3.05, 3.63) is 47.6 Å². The summed E-state index contributed by atoms with van der Waals surface area (Å²) >= 11 is 1.90. The van der Waals surface area contributed by atoms with Gasteiger partial charge in [0.15, 0.2) is 5.82 Å². The maximum Gasteiger partial charge on any atom is 0.232 e. The molecular formula is C16H20N2O2S. The SMILES string of the molecule is CC(c1nc(C2CCCCS2)no1)C(O)c1ccccc1. The van der Waals surface area contributed by atoms with Crippen LogP contribution in [-0.2, 0) is 0 Å². The van der Waals surface area contributed by atoms with Crippen LogP contribution in [0.3, 0.4) is 0 Å². The summed E-state index contributed by atoms with van der Waals surface area (Å²) in [4.78, 5) is 4.52. The number of thioether (sulfide) groups is 1. The van der Waals surface area contributed by atoms with E-state index in [1.807, 2.05) is 49.0 Å². The van der Waals surface area contributed by atoms with Crippen molar-refractivity contribution in [2.24, 2.45) is 0 Å². The molecule has 0 saturated carbocycles. The van der Waals surface area contributed by atoms with Crippen molar-refractivity contribution in [2.45, 2.75) is 43.5 Å². The fourth-order valence-electron chi connectivity index (χ4n) is 2.58. The van der Waals surface area contributed by atoms with Gasteiger partial charge in [-0.25, -0.2) is 0 Å². The van der Waals surface area contributed by atoms with Crippen LogP contribution in [-0.4, -0.2) is 21.0 Å². The van der Waals surface area contributed by atoms with E-state index < -0.39 is 6.10 Å². The van der Waals surface area contributed by atoms with Crippen LogP contribution in [0.5, 0.6) is 0 Å². The Labute approximate surface area is 129 Å². The number of hydrogen-bond acceptors (Lipinski definition) is 5. The number of aliphatic hydroxyl groups excluding tert-OH is 1. The fourth-order valence-corrected chi connectivity index (χ4v) is 3.81. The van der Waals surface area contributed by atoms with E-state index in [-0.39, 0.29) is 5.92 Å². The summed E-state index contributed by atoms with van der Waals surface area (Å²) in [5.41, 5.74) is 0.872. The molecule has 3 rings (SSSR count). The van der Waals surface area contributed by atoms with Crippen LogP contribution in [0.15, 0.2) is 34.9 Å². The number of nitrogens with zero attached hydrogens (tertiary/aromatic N) is 2. The molecule has 1 aliphatic rings. The van der Waals surface area contributed by atoms with Crippen LogP contribution in [0.1, 0.15) is 60.7 Å². The minimum atomic E-state index is -0.626. The van der Waals surface area contributed by atoms with Gasteiger partial charge in [0.1, 0.15) is 0 Å². The lowest BCUT2D eigenvalue weighted by Crippen LogP contribution is -2.09. The van der Waals surface area contributed by atoms with Crippen molar-refractivity contribution in [1.29, 1.82) is 0 Å². The van der Waals surface area contributed by atoms with Crippen molar-refractivity contribution in [2.75, 3.05) is 5.75 Å². The van der Waals surface area contributed by atoms with Crippen LogP contribution in [0.4, 0.5) is 0 Å². The van der Waals surface area contributed by atoms with Crippen LogP contribution < -0.4 is 0 Å². The third kappa shape index (κ3) is 3.30. The molecule has 2 heterocycles. The van der Waals surface area contributed by atoms with Gasteiger partial charge in [-0.05, 0) is 24.2 Å². The Morgan fingerprint density at radius 3 is 2.81 bits per heavy atom. The first-order valence-electron chi connectivity index (χ1n) is 7.44. The highest BCUT2D eigenvalue weighted by Gasteiger charge is 2.27. The second-order valence-corrected chi connectivity index (χ2v) is 6.80.